The summed E-state index contributed by atoms with van der Waals surface area (Å²) in [7, 11) is 0. The molecule has 1 aliphatic rings. The Morgan fingerprint density at radius 3 is 3.11 bits per heavy atom. The van der Waals surface area contributed by atoms with Crippen molar-refractivity contribution in [1.82, 2.24) is 24.8 Å². The van der Waals surface area contributed by atoms with Crippen LogP contribution in [-0.4, -0.2) is 43.8 Å². The molecule has 0 aliphatic carbocycles. The predicted molar refractivity (Wildman–Crippen MR) is 68.5 cm³/mol. The first-order chi connectivity index (χ1) is 9.34. The Labute approximate surface area is 110 Å². The van der Waals surface area contributed by atoms with Crippen LogP contribution in [0.2, 0.25) is 0 Å². The molecular formula is C13H15N5O. The Kier molecular flexibility index (Phi) is 3.22. The minimum atomic E-state index is 0.0104. The average molecular weight is 257 g/mol. The van der Waals surface area contributed by atoms with Crippen molar-refractivity contribution in [3.63, 3.8) is 0 Å². The Hall–Kier alpha value is -2.24. The topological polar surface area (TPSA) is 74.8 Å². The molecular weight excluding hydrogens is 242 g/mol. The summed E-state index contributed by atoms with van der Waals surface area (Å²) >= 11 is 0. The molecule has 1 fully saturated rings. The standard InChI is InChI=1S/C13H15N5O/c19-13(12-6-15-9-17-12)18-5-1-2-10(7-18)11-3-4-14-8-16-11/h3-4,6,8-10H,1-2,5,7H2,(H,15,17)/t10-/m1/s1. The van der Waals surface area contributed by atoms with Crippen LogP contribution in [-0.2, 0) is 0 Å². The monoisotopic (exact) mass is 257 g/mol. The molecule has 19 heavy (non-hydrogen) atoms. The van der Waals surface area contributed by atoms with Gasteiger partial charge in [0.1, 0.15) is 12.0 Å². The van der Waals surface area contributed by atoms with Crippen molar-refractivity contribution in [2.45, 2.75) is 18.8 Å². The molecule has 1 amide bonds. The normalized spacial score (nSPS) is 19.4. The SMILES string of the molecule is O=C(c1cnc[nH]1)N1CCC[C@@H](c2ccncn2)C1. The van der Waals surface area contributed by atoms with Crippen molar-refractivity contribution in [1.29, 1.82) is 0 Å². The fourth-order valence-corrected chi connectivity index (χ4v) is 2.49. The smallest absolute Gasteiger partial charge is 0.271 e. The molecule has 0 unspecified atom stereocenters. The number of amides is 1. The fourth-order valence-electron chi connectivity index (χ4n) is 2.49. The van der Waals surface area contributed by atoms with Crippen molar-refractivity contribution in [3.8, 4) is 0 Å². The van der Waals surface area contributed by atoms with Gasteiger partial charge in [0, 0.05) is 30.9 Å². The van der Waals surface area contributed by atoms with Crippen LogP contribution in [0.1, 0.15) is 34.9 Å². The number of hydrogen-bond donors (Lipinski definition) is 1. The lowest BCUT2D eigenvalue weighted by molar-refractivity contribution is 0.0700. The molecule has 0 radical (unpaired) electrons. The zero-order valence-corrected chi connectivity index (χ0v) is 10.5. The van der Waals surface area contributed by atoms with Gasteiger partial charge in [0.2, 0.25) is 0 Å². The Morgan fingerprint density at radius 2 is 2.37 bits per heavy atom. The maximum Gasteiger partial charge on any atom is 0.271 e. The lowest BCUT2D eigenvalue weighted by Crippen LogP contribution is -2.39. The highest BCUT2D eigenvalue weighted by Gasteiger charge is 2.26. The molecule has 1 atom stereocenters. The zero-order valence-electron chi connectivity index (χ0n) is 10.5. The second-order valence-corrected chi connectivity index (χ2v) is 4.69. The number of hydrogen-bond acceptors (Lipinski definition) is 4. The molecule has 6 heteroatoms. The van der Waals surface area contributed by atoms with E-state index >= 15 is 0 Å². The van der Waals surface area contributed by atoms with E-state index < -0.39 is 0 Å². The lowest BCUT2D eigenvalue weighted by atomic mass is 9.94. The van der Waals surface area contributed by atoms with Gasteiger partial charge in [-0.15, -0.1) is 0 Å². The Morgan fingerprint density at radius 1 is 1.42 bits per heavy atom. The highest BCUT2D eigenvalue weighted by atomic mass is 16.2. The molecule has 3 heterocycles. The number of rotatable bonds is 2. The molecule has 1 aliphatic heterocycles. The van der Waals surface area contributed by atoms with Gasteiger partial charge in [-0.2, -0.15) is 0 Å². The van der Waals surface area contributed by atoms with E-state index in [1.165, 1.54) is 6.33 Å². The third kappa shape index (κ3) is 2.47. The van der Waals surface area contributed by atoms with Crippen molar-refractivity contribution in [2.24, 2.45) is 0 Å². The fraction of sp³-hybridized carbons (Fsp3) is 0.385. The minimum absolute atomic E-state index is 0.0104. The first kappa shape index (κ1) is 11.8. The minimum Gasteiger partial charge on any atom is -0.341 e. The molecule has 6 nitrogen and oxygen atoms in total. The molecule has 3 rings (SSSR count). The molecule has 0 spiro atoms. The third-order valence-electron chi connectivity index (χ3n) is 3.46. The van der Waals surface area contributed by atoms with E-state index in [1.54, 1.807) is 18.7 Å². The van der Waals surface area contributed by atoms with Crippen LogP contribution in [0.15, 0.2) is 31.1 Å². The number of carbonyl (C=O) groups is 1. The highest BCUT2D eigenvalue weighted by molar-refractivity contribution is 5.92. The van der Waals surface area contributed by atoms with Gasteiger partial charge < -0.3 is 9.88 Å². The largest absolute Gasteiger partial charge is 0.341 e. The Bertz CT molecular complexity index is 539. The maximum atomic E-state index is 12.3. The lowest BCUT2D eigenvalue weighted by Gasteiger charge is -2.32. The quantitative estimate of drug-likeness (QED) is 0.877. The van der Waals surface area contributed by atoms with Crippen LogP contribution in [0.5, 0.6) is 0 Å². The number of imidazole rings is 1. The van der Waals surface area contributed by atoms with Crippen LogP contribution in [0.4, 0.5) is 0 Å². The molecule has 0 bridgehead atoms. The van der Waals surface area contributed by atoms with Gasteiger partial charge in [-0.25, -0.2) is 15.0 Å². The number of nitrogens with zero attached hydrogens (tertiary/aromatic N) is 4. The Balaban J connectivity index is 1.73. The third-order valence-corrected chi connectivity index (χ3v) is 3.46. The summed E-state index contributed by atoms with van der Waals surface area (Å²) in [5.41, 5.74) is 1.56. The summed E-state index contributed by atoms with van der Waals surface area (Å²) in [5.74, 6) is 0.305. The molecule has 2 aromatic heterocycles. The first-order valence-corrected chi connectivity index (χ1v) is 6.38. The summed E-state index contributed by atoms with van der Waals surface area (Å²) in [6, 6.07) is 1.93. The number of piperidine rings is 1. The predicted octanol–water partition coefficient (Wildman–Crippen LogP) is 1.22. The first-order valence-electron chi connectivity index (χ1n) is 6.38. The van der Waals surface area contributed by atoms with E-state index in [1.807, 2.05) is 11.0 Å². The van der Waals surface area contributed by atoms with E-state index in [9.17, 15) is 4.79 Å². The second kappa shape index (κ2) is 5.17. The molecule has 0 aromatic carbocycles. The molecule has 98 valence electrons. The second-order valence-electron chi connectivity index (χ2n) is 4.69. The number of carbonyl (C=O) groups excluding carboxylic acids is 1. The summed E-state index contributed by atoms with van der Waals surface area (Å²) in [6.45, 7) is 1.49. The van der Waals surface area contributed by atoms with E-state index in [-0.39, 0.29) is 5.91 Å². The van der Waals surface area contributed by atoms with Gasteiger partial charge in [-0.05, 0) is 18.9 Å². The van der Waals surface area contributed by atoms with E-state index in [2.05, 4.69) is 19.9 Å². The average Bonchev–Trinajstić information content (AvgIpc) is 3.02. The van der Waals surface area contributed by atoms with Gasteiger partial charge >= 0.3 is 0 Å². The van der Waals surface area contributed by atoms with Crippen molar-refractivity contribution in [2.75, 3.05) is 13.1 Å². The molecule has 0 saturated carbocycles. The van der Waals surface area contributed by atoms with Gasteiger partial charge in [-0.3, -0.25) is 4.79 Å². The van der Waals surface area contributed by atoms with Crippen LogP contribution in [0.25, 0.3) is 0 Å². The number of aromatic amines is 1. The van der Waals surface area contributed by atoms with Crippen molar-refractivity contribution >= 4 is 5.91 Å². The van der Waals surface area contributed by atoms with Crippen molar-refractivity contribution < 1.29 is 4.79 Å². The highest BCUT2D eigenvalue weighted by Crippen LogP contribution is 2.25. The molecule has 2 aromatic rings. The summed E-state index contributed by atoms with van der Waals surface area (Å²) in [6.07, 6.45) is 8.46. The van der Waals surface area contributed by atoms with Gasteiger partial charge in [0.25, 0.3) is 5.91 Å². The van der Waals surface area contributed by atoms with Crippen LogP contribution in [0.3, 0.4) is 0 Å². The van der Waals surface area contributed by atoms with E-state index in [4.69, 9.17) is 0 Å². The summed E-state index contributed by atoms with van der Waals surface area (Å²) < 4.78 is 0. The maximum absolute atomic E-state index is 12.3. The van der Waals surface area contributed by atoms with Crippen LogP contribution in [0, 0.1) is 0 Å². The number of aromatic nitrogens is 4. The molecule has 1 saturated heterocycles. The molecule has 1 N–H and O–H groups in total. The van der Waals surface area contributed by atoms with Crippen LogP contribution < -0.4 is 0 Å². The van der Waals surface area contributed by atoms with Gasteiger partial charge in [0.15, 0.2) is 0 Å². The van der Waals surface area contributed by atoms with Crippen LogP contribution >= 0.6 is 0 Å². The summed E-state index contributed by atoms with van der Waals surface area (Å²) in [4.78, 5) is 29.1. The van der Waals surface area contributed by atoms with E-state index in [0.717, 1.165) is 25.1 Å². The number of likely N-dealkylation sites (tertiary alicyclic amines) is 1. The van der Waals surface area contributed by atoms with Gasteiger partial charge in [0.05, 0.1) is 12.5 Å². The number of H-pyrrole nitrogens is 1. The van der Waals surface area contributed by atoms with E-state index in [0.29, 0.717) is 18.2 Å². The van der Waals surface area contributed by atoms with Crippen molar-refractivity contribution in [3.05, 3.63) is 42.5 Å². The zero-order chi connectivity index (χ0) is 13.1. The summed E-state index contributed by atoms with van der Waals surface area (Å²) in [5, 5.41) is 0. The van der Waals surface area contributed by atoms with Gasteiger partial charge in [-0.1, -0.05) is 0 Å². The number of nitrogens with one attached hydrogen (secondary N) is 1.